The van der Waals surface area contributed by atoms with E-state index in [0.29, 0.717) is 12.8 Å². The Morgan fingerprint density at radius 1 is 1.50 bits per heavy atom. The maximum atomic E-state index is 13.2. The van der Waals surface area contributed by atoms with Crippen molar-refractivity contribution in [2.75, 3.05) is 0 Å². The number of carbonyl (C=O) groups is 2. The lowest BCUT2D eigenvalue weighted by Gasteiger charge is -2.14. The summed E-state index contributed by atoms with van der Waals surface area (Å²) in [5.74, 6) is -2.54. The molecule has 0 bridgehead atoms. The molecular formula is C12H13ClFNO3. The van der Waals surface area contributed by atoms with Crippen molar-refractivity contribution in [2.45, 2.75) is 25.8 Å². The maximum Gasteiger partial charge on any atom is 0.326 e. The number of carboxylic acids is 1. The van der Waals surface area contributed by atoms with Crippen LogP contribution < -0.4 is 5.32 Å². The van der Waals surface area contributed by atoms with E-state index in [-0.39, 0.29) is 10.6 Å². The molecule has 18 heavy (non-hydrogen) atoms. The summed E-state index contributed by atoms with van der Waals surface area (Å²) in [5, 5.41) is 10.9. The average molecular weight is 274 g/mol. The molecule has 1 atom stereocenters. The third kappa shape index (κ3) is 3.43. The van der Waals surface area contributed by atoms with Gasteiger partial charge in [-0.25, -0.2) is 9.18 Å². The number of hydrogen-bond acceptors (Lipinski definition) is 2. The molecule has 1 aromatic carbocycles. The van der Waals surface area contributed by atoms with Crippen LogP contribution in [0.5, 0.6) is 0 Å². The van der Waals surface area contributed by atoms with Gasteiger partial charge in [-0.1, -0.05) is 31.0 Å². The lowest BCUT2D eigenvalue weighted by atomic mass is 10.1. The number of amides is 1. The van der Waals surface area contributed by atoms with E-state index in [2.05, 4.69) is 5.32 Å². The van der Waals surface area contributed by atoms with Crippen molar-refractivity contribution < 1.29 is 19.1 Å². The zero-order valence-electron chi connectivity index (χ0n) is 9.74. The van der Waals surface area contributed by atoms with Crippen molar-refractivity contribution in [1.82, 2.24) is 5.32 Å². The topological polar surface area (TPSA) is 66.4 Å². The first-order valence-corrected chi connectivity index (χ1v) is 5.82. The minimum Gasteiger partial charge on any atom is -0.480 e. The minimum atomic E-state index is -1.13. The zero-order valence-corrected chi connectivity index (χ0v) is 10.5. The quantitative estimate of drug-likeness (QED) is 0.866. The molecule has 6 heteroatoms. The molecular weight excluding hydrogens is 261 g/mol. The fraction of sp³-hybridized carbons (Fsp3) is 0.333. The zero-order chi connectivity index (χ0) is 13.7. The van der Waals surface area contributed by atoms with Gasteiger partial charge in [0.25, 0.3) is 5.91 Å². The monoisotopic (exact) mass is 273 g/mol. The second-order valence-electron chi connectivity index (χ2n) is 3.75. The van der Waals surface area contributed by atoms with Gasteiger partial charge in [0.15, 0.2) is 0 Å². The highest BCUT2D eigenvalue weighted by Gasteiger charge is 2.21. The Morgan fingerprint density at radius 3 is 2.72 bits per heavy atom. The Bertz CT molecular complexity index is 465. The van der Waals surface area contributed by atoms with Crippen LogP contribution in [0.25, 0.3) is 0 Å². The van der Waals surface area contributed by atoms with Crippen molar-refractivity contribution >= 4 is 23.5 Å². The van der Waals surface area contributed by atoms with Crippen LogP contribution in [0.15, 0.2) is 18.2 Å². The van der Waals surface area contributed by atoms with Crippen LogP contribution >= 0.6 is 11.6 Å². The molecule has 1 aromatic rings. The molecule has 0 fully saturated rings. The van der Waals surface area contributed by atoms with Crippen LogP contribution in [0.4, 0.5) is 4.39 Å². The Balaban J connectivity index is 2.87. The minimum absolute atomic E-state index is 0.0704. The van der Waals surface area contributed by atoms with Crippen LogP contribution in [-0.4, -0.2) is 23.0 Å². The van der Waals surface area contributed by atoms with Crippen LogP contribution in [0.3, 0.4) is 0 Å². The van der Waals surface area contributed by atoms with Crippen molar-refractivity contribution in [3.63, 3.8) is 0 Å². The first kappa shape index (κ1) is 14.4. The number of aliphatic carboxylic acids is 1. The highest BCUT2D eigenvalue weighted by atomic mass is 35.5. The van der Waals surface area contributed by atoms with E-state index < -0.39 is 23.7 Å². The Hall–Kier alpha value is -1.62. The van der Waals surface area contributed by atoms with E-state index in [4.69, 9.17) is 16.7 Å². The second-order valence-corrected chi connectivity index (χ2v) is 4.13. The van der Waals surface area contributed by atoms with Gasteiger partial charge in [0, 0.05) is 0 Å². The number of carboxylic acid groups (broad SMARTS) is 1. The molecule has 0 aromatic heterocycles. The van der Waals surface area contributed by atoms with Gasteiger partial charge in [-0.2, -0.15) is 0 Å². The number of halogens is 2. The van der Waals surface area contributed by atoms with Crippen LogP contribution in [0.2, 0.25) is 5.02 Å². The number of hydrogen-bond donors (Lipinski definition) is 2. The standard InChI is InChI=1S/C12H13ClFNO3/c1-2-4-9(12(17)18)15-11(16)7-5-3-6-8(14)10(7)13/h3,5-6,9H,2,4H2,1H3,(H,15,16)(H,17,18). The van der Waals surface area contributed by atoms with Gasteiger partial charge in [-0.15, -0.1) is 0 Å². The Kier molecular flexibility index (Phi) is 5.09. The fourth-order valence-corrected chi connectivity index (χ4v) is 1.67. The molecule has 0 radical (unpaired) electrons. The van der Waals surface area contributed by atoms with E-state index in [1.54, 1.807) is 6.92 Å². The van der Waals surface area contributed by atoms with Crippen molar-refractivity contribution in [3.05, 3.63) is 34.6 Å². The predicted octanol–water partition coefficient (Wildman–Crippen LogP) is 2.46. The summed E-state index contributed by atoms with van der Waals surface area (Å²) in [5.41, 5.74) is -0.0704. The van der Waals surface area contributed by atoms with Gasteiger partial charge in [-0.3, -0.25) is 4.79 Å². The molecule has 0 aliphatic heterocycles. The predicted molar refractivity (Wildman–Crippen MR) is 65.2 cm³/mol. The van der Waals surface area contributed by atoms with Crippen LogP contribution in [0, 0.1) is 5.82 Å². The van der Waals surface area contributed by atoms with Gasteiger partial charge < -0.3 is 10.4 Å². The summed E-state index contributed by atoms with van der Waals surface area (Å²) < 4.78 is 13.2. The summed E-state index contributed by atoms with van der Waals surface area (Å²) in [6, 6.07) is 2.80. The van der Waals surface area contributed by atoms with E-state index in [9.17, 15) is 14.0 Å². The highest BCUT2D eigenvalue weighted by Crippen LogP contribution is 2.19. The Labute approximate surface area is 109 Å². The number of carbonyl (C=O) groups excluding carboxylic acids is 1. The Morgan fingerprint density at radius 2 is 2.17 bits per heavy atom. The van der Waals surface area contributed by atoms with Gasteiger partial charge in [0.2, 0.25) is 0 Å². The molecule has 2 N–H and O–H groups in total. The number of benzene rings is 1. The molecule has 1 amide bonds. The first-order chi connectivity index (χ1) is 8.47. The van der Waals surface area contributed by atoms with Gasteiger partial charge in [0.1, 0.15) is 11.9 Å². The van der Waals surface area contributed by atoms with Crippen molar-refractivity contribution in [1.29, 1.82) is 0 Å². The summed E-state index contributed by atoms with van der Waals surface area (Å²) in [4.78, 5) is 22.7. The summed E-state index contributed by atoms with van der Waals surface area (Å²) in [6.45, 7) is 1.80. The third-order valence-electron chi connectivity index (χ3n) is 2.38. The van der Waals surface area contributed by atoms with Gasteiger partial charge in [0.05, 0.1) is 10.6 Å². The molecule has 0 aliphatic rings. The second kappa shape index (κ2) is 6.35. The van der Waals surface area contributed by atoms with E-state index in [0.717, 1.165) is 6.07 Å². The van der Waals surface area contributed by atoms with E-state index >= 15 is 0 Å². The average Bonchev–Trinajstić information content (AvgIpc) is 2.31. The lowest BCUT2D eigenvalue weighted by molar-refractivity contribution is -0.139. The van der Waals surface area contributed by atoms with E-state index in [1.807, 2.05) is 0 Å². The smallest absolute Gasteiger partial charge is 0.326 e. The third-order valence-corrected chi connectivity index (χ3v) is 2.76. The highest BCUT2D eigenvalue weighted by molar-refractivity contribution is 6.34. The van der Waals surface area contributed by atoms with Crippen molar-refractivity contribution in [3.8, 4) is 0 Å². The summed E-state index contributed by atoms with van der Waals surface area (Å²) in [6.07, 6.45) is 0.905. The summed E-state index contributed by atoms with van der Waals surface area (Å²) >= 11 is 5.64. The molecule has 0 saturated carbocycles. The number of rotatable bonds is 5. The molecule has 1 rings (SSSR count). The van der Waals surface area contributed by atoms with E-state index in [1.165, 1.54) is 12.1 Å². The molecule has 0 heterocycles. The van der Waals surface area contributed by atoms with Gasteiger partial charge in [-0.05, 0) is 18.6 Å². The molecule has 0 saturated heterocycles. The number of nitrogens with one attached hydrogen (secondary N) is 1. The molecule has 0 spiro atoms. The normalized spacial score (nSPS) is 11.9. The summed E-state index contributed by atoms with van der Waals surface area (Å²) in [7, 11) is 0. The van der Waals surface area contributed by atoms with Crippen molar-refractivity contribution in [2.24, 2.45) is 0 Å². The fourth-order valence-electron chi connectivity index (χ4n) is 1.46. The van der Waals surface area contributed by atoms with Crippen LogP contribution in [0.1, 0.15) is 30.1 Å². The molecule has 4 nitrogen and oxygen atoms in total. The maximum absolute atomic E-state index is 13.2. The first-order valence-electron chi connectivity index (χ1n) is 5.45. The van der Waals surface area contributed by atoms with Gasteiger partial charge >= 0.3 is 5.97 Å². The molecule has 1 unspecified atom stereocenters. The van der Waals surface area contributed by atoms with Crippen LogP contribution in [-0.2, 0) is 4.79 Å². The largest absolute Gasteiger partial charge is 0.480 e. The SMILES string of the molecule is CCCC(NC(=O)c1cccc(F)c1Cl)C(=O)O. The molecule has 0 aliphatic carbocycles. The lowest BCUT2D eigenvalue weighted by Crippen LogP contribution is -2.40. The molecule has 98 valence electrons.